The fourth-order valence-corrected chi connectivity index (χ4v) is 5.49. The lowest BCUT2D eigenvalue weighted by molar-refractivity contribution is 0.0206. The van der Waals surface area contributed by atoms with Gasteiger partial charge in [-0.25, -0.2) is 19.7 Å². The number of fused-ring (bicyclic) bond motifs is 1. The number of likely N-dealkylation sites (tertiary alicyclic amines) is 1. The molecule has 1 unspecified atom stereocenters. The minimum absolute atomic E-state index is 0.00810. The summed E-state index contributed by atoms with van der Waals surface area (Å²) in [5, 5.41) is 18.4. The highest BCUT2D eigenvalue weighted by Gasteiger charge is 2.28. The number of nitriles is 1. The Labute approximate surface area is 271 Å². The first-order chi connectivity index (χ1) is 22.0. The standard InChI is InChI=1S/C36H43N7O3/c1-23(2)25(20-37)21-40-30-13-7-11-28-27(30)15-14-24(3)32(28)45-33-29(12-8-17-38-33)31-16-18-39-34(42-31)41-26-10-9-19-43(22-26)35(44)46-36(4,5)6/h7-8,11-18,23,25-26,40H,9-10,19,21-22H2,1-6H3,(H,39,41,42)/t25?,26-/m0/s1. The van der Waals surface area contributed by atoms with Crippen molar-refractivity contribution in [1.29, 1.82) is 5.26 Å². The quantitative estimate of drug-likeness (QED) is 0.192. The summed E-state index contributed by atoms with van der Waals surface area (Å²) in [5.41, 5.74) is 2.76. The number of nitrogens with zero attached hydrogens (tertiary/aromatic N) is 5. The molecule has 0 aliphatic carbocycles. The number of rotatable bonds is 9. The average molecular weight is 622 g/mol. The van der Waals surface area contributed by atoms with Crippen LogP contribution in [-0.4, -0.2) is 57.2 Å². The fraction of sp³-hybridized carbons (Fsp3) is 0.417. The van der Waals surface area contributed by atoms with Gasteiger partial charge in [0, 0.05) is 54.5 Å². The van der Waals surface area contributed by atoms with E-state index in [1.165, 1.54) is 0 Å². The minimum Gasteiger partial charge on any atom is -0.444 e. The molecule has 10 heteroatoms. The summed E-state index contributed by atoms with van der Waals surface area (Å²) in [5.74, 6) is 1.76. The Hall–Kier alpha value is -4.91. The molecule has 1 amide bonds. The zero-order valence-corrected chi connectivity index (χ0v) is 27.5. The number of anilines is 2. The highest BCUT2D eigenvalue weighted by Crippen LogP contribution is 2.38. The van der Waals surface area contributed by atoms with Crippen LogP contribution in [0.4, 0.5) is 16.4 Å². The molecule has 2 aromatic heterocycles. The predicted molar refractivity (Wildman–Crippen MR) is 181 cm³/mol. The second kappa shape index (κ2) is 14.0. The smallest absolute Gasteiger partial charge is 0.410 e. The summed E-state index contributed by atoms with van der Waals surface area (Å²) in [6.07, 6.45) is 4.85. The first-order valence-corrected chi connectivity index (χ1v) is 15.9. The molecule has 0 saturated carbocycles. The molecule has 2 aromatic carbocycles. The fourth-order valence-electron chi connectivity index (χ4n) is 5.49. The van der Waals surface area contributed by atoms with Crippen molar-refractivity contribution in [1.82, 2.24) is 19.9 Å². The van der Waals surface area contributed by atoms with Crippen molar-refractivity contribution in [3.8, 4) is 29.0 Å². The molecule has 4 aromatic rings. The number of amides is 1. The van der Waals surface area contributed by atoms with Crippen LogP contribution in [-0.2, 0) is 4.74 Å². The molecular formula is C36H43N7O3. The first kappa shape index (κ1) is 32.5. The van der Waals surface area contributed by atoms with Crippen LogP contribution in [0.5, 0.6) is 11.6 Å². The molecule has 2 atom stereocenters. The number of aryl methyl sites for hydroxylation is 1. The molecule has 1 aliphatic heterocycles. The number of benzene rings is 2. The molecular weight excluding hydrogens is 578 g/mol. The zero-order chi connectivity index (χ0) is 32.8. The Balaban J connectivity index is 1.37. The number of aromatic nitrogens is 3. The van der Waals surface area contributed by atoms with E-state index in [-0.39, 0.29) is 24.0 Å². The Morgan fingerprint density at radius 2 is 1.91 bits per heavy atom. The van der Waals surface area contributed by atoms with E-state index in [9.17, 15) is 10.1 Å². The van der Waals surface area contributed by atoms with Gasteiger partial charge in [0.25, 0.3) is 0 Å². The van der Waals surface area contributed by atoms with Gasteiger partial charge in [-0.15, -0.1) is 0 Å². The molecule has 2 N–H and O–H groups in total. The molecule has 1 fully saturated rings. The van der Waals surface area contributed by atoms with Crippen LogP contribution >= 0.6 is 0 Å². The Bertz CT molecular complexity index is 1730. The van der Waals surface area contributed by atoms with E-state index in [0.29, 0.717) is 42.9 Å². The minimum atomic E-state index is -0.544. The van der Waals surface area contributed by atoms with Crippen molar-refractivity contribution in [3.05, 3.63) is 66.5 Å². The summed E-state index contributed by atoms with van der Waals surface area (Å²) >= 11 is 0. The average Bonchev–Trinajstić information content (AvgIpc) is 3.02. The topological polar surface area (TPSA) is 125 Å². The lowest BCUT2D eigenvalue weighted by Gasteiger charge is -2.34. The second-order valence-electron chi connectivity index (χ2n) is 13.1. The van der Waals surface area contributed by atoms with Crippen molar-refractivity contribution in [3.63, 3.8) is 0 Å². The van der Waals surface area contributed by atoms with E-state index in [2.05, 4.69) is 46.6 Å². The Morgan fingerprint density at radius 1 is 1.09 bits per heavy atom. The highest BCUT2D eigenvalue weighted by molar-refractivity contribution is 5.98. The molecule has 240 valence electrons. The third-order valence-corrected chi connectivity index (χ3v) is 8.00. The summed E-state index contributed by atoms with van der Waals surface area (Å²) in [6.45, 7) is 13.5. The molecule has 1 saturated heterocycles. The highest BCUT2D eigenvalue weighted by atomic mass is 16.6. The van der Waals surface area contributed by atoms with Crippen LogP contribution < -0.4 is 15.4 Å². The zero-order valence-electron chi connectivity index (χ0n) is 27.5. The molecule has 3 heterocycles. The first-order valence-electron chi connectivity index (χ1n) is 15.9. The predicted octanol–water partition coefficient (Wildman–Crippen LogP) is 7.81. The van der Waals surface area contributed by atoms with Crippen LogP contribution in [0.3, 0.4) is 0 Å². The lowest BCUT2D eigenvalue weighted by atomic mass is 9.97. The molecule has 0 spiro atoms. The summed E-state index contributed by atoms with van der Waals surface area (Å²) in [6, 6.07) is 18.2. The largest absolute Gasteiger partial charge is 0.444 e. The number of hydrogen-bond donors (Lipinski definition) is 2. The molecule has 5 rings (SSSR count). The molecule has 46 heavy (non-hydrogen) atoms. The van der Waals surface area contributed by atoms with Crippen molar-refractivity contribution < 1.29 is 14.3 Å². The number of carbonyl (C=O) groups is 1. The van der Waals surface area contributed by atoms with E-state index < -0.39 is 5.60 Å². The monoisotopic (exact) mass is 621 g/mol. The number of carbonyl (C=O) groups excluding carboxylic acids is 1. The van der Waals surface area contributed by atoms with Crippen LogP contribution in [0.25, 0.3) is 22.0 Å². The normalized spacial score (nSPS) is 15.7. The van der Waals surface area contributed by atoms with Crippen molar-refractivity contribution in [2.45, 2.75) is 66.0 Å². The van der Waals surface area contributed by atoms with E-state index in [1.54, 1.807) is 17.3 Å². The van der Waals surface area contributed by atoms with Gasteiger partial charge in [-0.2, -0.15) is 5.26 Å². The molecule has 0 radical (unpaired) electrons. The Morgan fingerprint density at radius 3 is 2.67 bits per heavy atom. The summed E-state index contributed by atoms with van der Waals surface area (Å²) in [7, 11) is 0. The Kier molecular flexibility index (Phi) is 9.90. The summed E-state index contributed by atoms with van der Waals surface area (Å²) < 4.78 is 12.2. The van der Waals surface area contributed by atoms with Crippen molar-refractivity contribution >= 4 is 28.5 Å². The van der Waals surface area contributed by atoms with Crippen molar-refractivity contribution in [2.75, 3.05) is 30.3 Å². The molecule has 10 nitrogen and oxygen atoms in total. The van der Waals surface area contributed by atoms with Crippen LogP contribution in [0.2, 0.25) is 0 Å². The van der Waals surface area contributed by atoms with Gasteiger partial charge in [-0.3, -0.25) is 0 Å². The van der Waals surface area contributed by atoms with E-state index in [0.717, 1.165) is 40.4 Å². The maximum Gasteiger partial charge on any atom is 0.410 e. The van der Waals surface area contributed by atoms with Crippen LogP contribution in [0.15, 0.2) is 60.9 Å². The van der Waals surface area contributed by atoms with E-state index >= 15 is 0 Å². The van der Waals surface area contributed by atoms with E-state index in [4.69, 9.17) is 14.5 Å². The van der Waals surface area contributed by atoms with Gasteiger partial charge >= 0.3 is 6.09 Å². The third-order valence-electron chi connectivity index (χ3n) is 8.00. The number of pyridine rings is 1. The number of piperidine rings is 1. The number of nitrogens with one attached hydrogen (secondary N) is 2. The second-order valence-corrected chi connectivity index (χ2v) is 13.1. The van der Waals surface area contributed by atoms with Crippen LogP contribution in [0, 0.1) is 30.1 Å². The van der Waals surface area contributed by atoms with Crippen molar-refractivity contribution in [2.24, 2.45) is 11.8 Å². The van der Waals surface area contributed by atoms with Crippen LogP contribution in [0.1, 0.15) is 53.0 Å². The number of hydrogen-bond acceptors (Lipinski definition) is 9. The number of ether oxygens (including phenoxy) is 2. The SMILES string of the molecule is Cc1ccc2c(NCC(C#N)C(C)C)cccc2c1Oc1ncccc1-c1ccnc(N[C@H]2CCCN(C(=O)OC(C)(C)C)C2)n1. The van der Waals surface area contributed by atoms with Gasteiger partial charge in [0.1, 0.15) is 11.4 Å². The molecule has 1 aliphatic rings. The van der Waals surface area contributed by atoms with E-state index in [1.807, 2.05) is 70.2 Å². The summed E-state index contributed by atoms with van der Waals surface area (Å²) in [4.78, 5) is 28.3. The van der Waals surface area contributed by atoms with Gasteiger partial charge in [0.05, 0.1) is 23.2 Å². The lowest BCUT2D eigenvalue weighted by Crippen LogP contribution is -2.47. The maximum absolute atomic E-state index is 12.7. The van der Waals surface area contributed by atoms with Gasteiger partial charge in [0.15, 0.2) is 0 Å². The van der Waals surface area contributed by atoms with Gasteiger partial charge < -0.3 is 25.0 Å². The third kappa shape index (κ3) is 7.83. The van der Waals surface area contributed by atoms with Gasteiger partial charge in [-0.05, 0) is 76.3 Å². The maximum atomic E-state index is 12.7. The van der Waals surface area contributed by atoms with Gasteiger partial charge in [-0.1, -0.05) is 38.1 Å². The van der Waals surface area contributed by atoms with Gasteiger partial charge in [0.2, 0.25) is 11.8 Å². The molecule has 0 bridgehead atoms.